The van der Waals surface area contributed by atoms with Crippen molar-refractivity contribution in [1.82, 2.24) is 0 Å². The Balaban J connectivity index is 0.000000529. The molecule has 2 aliphatic carbocycles. The molecule has 2 aromatic carbocycles. The van der Waals surface area contributed by atoms with Crippen LogP contribution in [0.25, 0.3) is 0 Å². The molecule has 0 spiro atoms. The minimum atomic E-state index is 0. The second-order valence-electron chi connectivity index (χ2n) is 7.22. The fraction of sp³-hybridized carbons (Fsp3) is 0.286. The maximum absolute atomic E-state index is 3.41. The molecule has 2 unspecified atom stereocenters. The molecule has 2 atom stereocenters. The molecule has 3 heteroatoms. The van der Waals surface area contributed by atoms with Gasteiger partial charge >= 0.3 is 26.2 Å². The van der Waals surface area contributed by atoms with Crippen LogP contribution >= 0.6 is 0 Å². The summed E-state index contributed by atoms with van der Waals surface area (Å²) in [4.78, 5) is 0. The van der Waals surface area contributed by atoms with Crippen molar-refractivity contribution in [2.75, 3.05) is 0 Å². The molecule has 0 heterocycles. The van der Waals surface area contributed by atoms with E-state index >= 15 is 0 Å². The summed E-state index contributed by atoms with van der Waals surface area (Å²) < 4.78 is 0. The van der Waals surface area contributed by atoms with E-state index in [1.165, 1.54) is 22.3 Å². The largest absolute Gasteiger partial charge is 4.00 e. The van der Waals surface area contributed by atoms with Crippen LogP contribution in [-0.2, 0) is 26.2 Å². The molecule has 2 aromatic rings. The molecule has 0 saturated carbocycles. The number of halogens is 2. The summed E-state index contributed by atoms with van der Waals surface area (Å²) in [5.74, 6) is 1.07. The summed E-state index contributed by atoms with van der Waals surface area (Å²) in [7, 11) is 0. The van der Waals surface area contributed by atoms with E-state index in [1.807, 2.05) is 0 Å². The van der Waals surface area contributed by atoms with E-state index in [9.17, 15) is 0 Å². The van der Waals surface area contributed by atoms with E-state index in [0.717, 1.165) is 25.7 Å². The van der Waals surface area contributed by atoms with Crippen LogP contribution in [0.4, 0.5) is 0 Å². The molecular formula is C28H30Cl2Zr. The van der Waals surface area contributed by atoms with Gasteiger partial charge in [-0.2, -0.15) is 12.2 Å². The van der Waals surface area contributed by atoms with Gasteiger partial charge in [-0.1, -0.05) is 74.5 Å². The molecule has 160 valence electrons. The van der Waals surface area contributed by atoms with Crippen LogP contribution in [0.5, 0.6) is 0 Å². The minimum absolute atomic E-state index is 0. The van der Waals surface area contributed by atoms with E-state index in [2.05, 4.69) is 111 Å². The number of rotatable bonds is 6. The van der Waals surface area contributed by atoms with Crippen molar-refractivity contribution in [3.8, 4) is 0 Å². The fourth-order valence-corrected chi connectivity index (χ4v) is 3.96. The zero-order valence-electron chi connectivity index (χ0n) is 18.3. The Labute approximate surface area is 220 Å². The molecule has 0 N–H and O–H groups in total. The van der Waals surface area contributed by atoms with Gasteiger partial charge in [-0.3, -0.25) is 12.2 Å². The van der Waals surface area contributed by atoms with Crippen molar-refractivity contribution in [1.29, 1.82) is 0 Å². The van der Waals surface area contributed by atoms with Crippen molar-refractivity contribution in [3.05, 3.63) is 119 Å². The summed E-state index contributed by atoms with van der Waals surface area (Å²) >= 11 is 0. The predicted octanol–water partition coefficient (Wildman–Crippen LogP) is 1.74. The summed E-state index contributed by atoms with van der Waals surface area (Å²) in [5, 5.41) is 0. The van der Waals surface area contributed by atoms with E-state index < -0.39 is 0 Å². The van der Waals surface area contributed by atoms with Gasteiger partial charge in [-0.15, -0.1) is 12.8 Å². The van der Waals surface area contributed by atoms with E-state index in [4.69, 9.17) is 0 Å². The van der Waals surface area contributed by atoms with E-state index in [-0.39, 0.29) is 51.0 Å². The van der Waals surface area contributed by atoms with Gasteiger partial charge in [0.1, 0.15) is 0 Å². The van der Waals surface area contributed by atoms with Crippen LogP contribution in [0.3, 0.4) is 0 Å². The van der Waals surface area contributed by atoms with Crippen LogP contribution < -0.4 is 24.8 Å². The molecule has 0 saturated heterocycles. The third-order valence-corrected chi connectivity index (χ3v) is 5.41. The van der Waals surface area contributed by atoms with Gasteiger partial charge in [-0.05, 0) is 35.8 Å². The predicted molar refractivity (Wildman–Crippen MR) is 120 cm³/mol. The number of hydrogen-bond acceptors (Lipinski definition) is 0. The van der Waals surface area contributed by atoms with E-state index in [1.54, 1.807) is 0 Å². The Bertz CT molecular complexity index is 778. The molecule has 0 aliphatic heterocycles. The molecule has 2 aliphatic rings. The van der Waals surface area contributed by atoms with Crippen molar-refractivity contribution in [2.45, 2.75) is 51.4 Å². The fourth-order valence-electron chi connectivity index (χ4n) is 3.96. The maximum Gasteiger partial charge on any atom is 4.00 e. The normalized spacial score (nSPS) is 15.2. The van der Waals surface area contributed by atoms with Crippen LogP contribution in [0.15, 0.2) is 96.1 Å². The Morgan fingerprint density at radius 3 is 1.26 bits per heavy atom. The second kappa shape index (κ2) is 16.5. The molecule has 4 rings (SSSR count). The van der Waals surface area contributed by atoms with Crippen LogP contribution in [0, 0.1) is 12.2 Å². The van der Waals surface area contributed by atoms with Gasteiger partial charge in [-0.25, -0.2) is 23.3 Å². The number of allylic oxidation sites excluding steroid dienone is 8. The second-order valence-corrected chi connectivity index (χ2v) is 7.22. The molecule has 0 aromatic heterocycles. The van der Waals surface area contributed by atoms with Crippen molar-refractivity contribution < 1.29 is 51.0 Å². The molecule has 31 heavy (non-hydrogen) atoms. The number of benzene rings is 2. The Morgan fingerprint density at radius 2 is 1.00 bits per heavy atom. The van der Waals surface area contributed by atoms with Gasteiger partial charge in [0.2, 0.25) is 0 Å². The van der Waals surface area contributed by atoms with E-state index in [0.29, 0.717) is 11.8 Å². The average Bonchev–Trinajstić information content (AvgIpc) is 3.46. The molecule has 0 amide bonds. The quantitative estimate of drug-likeness (QED) is 0.502. The molecule has 0 bridgehead atoms. The number of hydrogen-bond donors (Lipinski definition) is 0. The van der Waals surface area contributed by atoms with Gasteiger partial charge in [0.25, 0.3) is 0 Å². The topological polar surface area (TPSA) is 0 Å². The first-order valence-corrected chi connectivity index (χ1v) is 10.5. The standard InChI is InChI=1S/2C14H15.2ClH.Zr/c2*1-2-14(13-10-6-7-11-13)12-8-4-3-5-9-12;;;/h2*3-6,8-10,14H,2,7H2,1H3;2*1H;/q2*-1;;;+4/p-2. The van der Waals surface area contributed by atoms with Crippen molar-refractivity contribution >= 4 is 0 Å². The first-order valence-electron chi connectivity index (χ1n) is 10.5. The first-order chi connectivity index (χ1) is 13.8. The Morgan fingerprint density at radius 1 is 0.645 bits per heavy atom. The van der Waals surface area contributed by atoms with Gasteiger partial charge in [0.15, 0.2) is 0 Å². The maximum atomic E-state index is 3.41. The molecule has 0 nitrogen and oxygen atoms in total. The third-order valence-electron chi connectivity index (χ3n) is 5.41. The summed E-state index contributed by atoms with van der Waals surface area (Å²) in [5.41, 5.74) is 5.53. The third kappa shape index (κ3) is 8.72. The summed E-state index contributed by atoms with van der Waals surface area (Å²) in [6.45, 7) is 4.47. The van der Waals surface area contributed by atoms with Crippen LogP contribution in [0.1, 0.15) is 62.5 Å². The summed E-state index contributed by atoms with van der Waals surface area (Å²) in [6.07, 6.45) is 19.9. The van der Waals surface area contributed by atoms with Crippen LogP contribution in [-0.4, -0.2) is 0 Å². The zero-order chi connectivity index (χ0) is 19.6. The molecule has 0 radical (unpaired) electrons. The van der Waals surface area contributed by atoms with Crippen molar-refractivity contribution in [3.63, 3.8) is 0 Å². The van der Waals surface area contributed by atoms with Crippen molar-refractivity contribution in [2.24, 2.45) is 0 Å². The molecule has 0 fully saturated rings. The minimum Gasteiger partial charge on any atom is -1.00 e. The van der Waals surface area contributed by atoms with Gasteiger partial charge in [0, 0.05) is 0 Å². The average molecular weight is 529 g/mol. The molecular weight excluding hydrogens is 498 g/mol. The van der Waals surface area contributed by atoms with Gasteiger partial charge in [0.05, 0.1) is 0 Å². The van der Waals surface area contributed by atoms with Gasteiger partial charge < -0.3 is 24.8 Å². The Hall–Kier alpha value is -1.14. The van der Waals surface area contributed by atoms with Crippen LogP contribution in [0.2, 0.25) is 0 Å². The zero-order valence-corrected chi connectivity index (χ0v) is 22.3. The smallest absolute Gasteiger partial charge is 1.00 e. The monoisotopic (exact) mass is 526 g/mol. The Kier molecular flexibility index (Phi) is 15.9. The summed E-state index contributed by atoms with van der Waals surface area (Å²) in [6, 6.07) is 21.4. The SMILES string of the molecule is CCC(C1=[C-]CC=C1)c1ccccc1.CCC(C1=[C-]CC=C1)c1ccccc1.[Cl-].[Cl-].[Zr+4]. The first kappa shape index (κ1) is 29.9.